The molecule has 4 heteroatoms. The highest BCUT2D eigenvalue weighted by atomic mass is 16.5. The highest BCUT2D eigenvalue weighted by molar-refractivity contribution is 5.87. The lowest BCUT2D eigenvalue weighted by molar-refractivity contribution is -0.121. The number of rotatable bonds is 4. The summed E-state index contributed by atoms with van der Waals surface area (Å²) in [5, 5.41) is 2.57. The number of Topliss-reactive ketones (excluding diaryl/α,β-unsaturated/α-hetero) is 1. The molecule has 0 aromatic rings. The van der Waals surface area contributed by atoms with E-state index in [9.17, 15) is 9.59 Å². The zero-order chi connectivity index (χ0) is 9.84. The third kappa shape index (κ3) is 2.72. The van der Waals surface area contributed by atoms with Crippen LogP contribution in [0.2, 0.25) is 0 Å². The summed E-state index contributed by atoms with van der Waals surface area (Å²) in [5.74, 6) is 0.430. The molecule has 1 fully saturated rings. The SMILES string of the molecule is CCC(=O)[C@@H](NC(=O)OC)C1CC1. The first-order valence-corrected chi connectivity index (χ1v) is 4.56. The van der Waals surface area contributed by atoms with E-state index in [1.54, 1.807) is 6.92 Å². The third-order valence-corrected chi connectivity index (χ3v) is 2.25. The van der Waals surface area contributed by atoms with Crippen molar-refractivity contribution in [1.82, 2.24) is 5.32 Å². The van der Waals surface area contributed by atoms with E-state index < -0.39 is 6.09 Å². The van der Waals surface area contributed by atoms with Gasteiger partial charge in [-0.2, -0.15) is 0 Å². The molecule has 0 aromatic heterocycles. The largest absolute Gasteiger partial charge is 0.453 e. The van der Waals surface area contributed by atoms with Gasteiger partial charge in [-0.25, -0.2) is 4.79 Å². The van der Waals surface area contributed by atoms with Gasteiger partial charge < -0.3 is 10.1 Å². The molecule has 1 aliphatic carbocycles. The molecule has 0 aliphatic heterocycles. The van der Waals surface area contributed by atoms with Gasteiger partial charge in [0.1, 0.15) is 0 Å². The quantitative estimate of drug-likeness (QED) is 0.713. The Morgan fingerprint density at radius 3 is 2.54 bits per heavy atom. The number of hydrogen-bond acceptors (Lipinski definition) is 3. The van der Waals surface area contributed by atoms with Crippen molar-refractivity contribution in [1.29, 1.82) is 0 Å². The van der Waals surface area contributed by atoms with Crippen molar-refractivity contribution in [2.45, 2.75) is 32.2 Å². The Morgan fingerprint density at radius 2 is 2.15 bits per heavy atom. The molecule has 0 bridgehead atoms. The Hall–Kier alpha value is -1.06. The highest BCUT2D eigenvalue weighted by Crippen LogP contribution is 2.33. The molecule has 1 aliphatic rings. The van der Waals surface area contributed by atoms with Crippen LogP contribution in [0.5, 0.6) is 0 Å². The second-order valence-corrected chi connectivity index (χ2v) is 3.27. The molecule has 1 saturated carbocycles. The molecule has 0 saturated heterocycles. The number of nitrogens with one attached hydrogen (secondary N) is 1. The van der Waals surface area contributed by atoms with E-state index in [0.717, 1.165) is 12.8 Å². The minimum atomic E-state index is -0.515. The fourth-order valence-electron chi connectivity index (χ4n) is 1.30. The second-order valence-electron chi connectivity index (χ2n) is 3.27. The van der Waals surface area contributed by atoms with Crippen molar-refractivity contribution in [3.8, 4) is 0 Å². The number of ketones is 1. The molecule has 74 valence electrons. The van der Waals surface area contributed by atoms with E-state index in [0.29, 0.717) is 12.3 Å². The van der Waals surface area contributed by atoms with E-state index >= 15 is 0 Å². The number of carbonyl (C=O) groups excluding carboxylic acids is 2. The maximum absolute atomic E-state index is 11.4. The van der Waals surface area contributed by atoms with Gasteiger partial charge in [-0.05, 0) is 18.8 Å². The van der Waals surface area contributed by atoms with Crippen LogP contribution < -0.4 is 5.32 Å². The van der Waals surface area contributed by atoms with Crippen LogP contribution in [0.4, 0.5) is 4.79 Å². The number of carbonyl (C=O) groups is 2. The van der Waals surface area contributed by atoms with E-state index in [4.69, 9.17) is 0 Å². The van der Waals surface area contributed by atoms with Crippen LogP contribution in [-0.4, -0.2) is 25.0 Å². The molecule has 13 heavy (non-hydrogen) atoms. The van der Waals surface area contributed by atoms with E-state index in [1.807, 2.05) is 0 Å². The monoisotopic (exact) mass is 185 g/mol. The lowest BCUT2D eigenvalue weighted by atomic mass is 10.1. The zero-order valence-corrected chi connectivity index (χ0v) is 8.00. The molecule has 0 spiro atoms. The maximum atomic E-state index is 11.4. The number of amides is 1. The molecule has 1 rings (SSSR count). The number of methoxy groups -OCH3 is 1. The van der Waals surface area contributed by atoms with Crippen LogP contribution in [0.15, 0.2) is 0 Å². The first kappa shape index (κ1) is 10.0. The smallest absolute Gasteiger partial charge is 0.407 e. The molecule has 0 radical (unpaired) electrons. The summed E-state index contributed by atoms with van der Waals surface area (Å²) >= 11 is 0. The van der Waals surface area contributed by atoms with Crippen LogP contribution >= 0.6 is 0 Å². The second kappa shape index (κ2) is 4.25. The summed E-state index contributed by atoms with van der Waals surface area (Å²) in [6, 6.07) is -0.322. The van der Waals surface area contributed by atoms with Gasteiger partial charge in [-0.3, -0.25) is 4.79 Å². The number of alkyl carbamates (subject to hydrolysis) is 1. The topological polar surface area (TPSA) is 55.4 Å². The Bertz CT molecular complexity index is 211. The number of hydrogen-bond donors (Lipinski definition) is 1. The predicted molar refractivity (Wildman–Crippen MR) is 47.4 cm³/mol. The van der Waals surface area contributed by atoms with Gasteiger partial charge in [0.05, 0.1) is 13.2 Å². The normalized spacial score (nSPS) is 17.7. The van der Waals surface area contributed by atoms with E-state index in [-0.39, 0.29) is 11.8 Å². The van der Waals surface area contributed by atoms with Crippen molar-refractivity contribution >= 4 is 11.9 Å². The molecule has 0 unspecified atom stereocenters. The molecular weight excluding hydrogens is 170 g/mol. The first-order chi connectivity index (χ1) is 6.19. The summed E-state index contributed by atoms with van der Waals surface area (Å²) in [6.07, 6.45) is 2.00. The zero-order valence-electron chi connectivity index (χ0n) is 8.00. The fraction of sp³-hybridized carbons (Fsp3) is 0.778. The Kier molecular flexibility index (Phi) is 3.28. The van der Waals surface area contributed by atoms with Crippen molar-refractivity contribution in [3.05, 3.63) is 0 Å². The average Bonchev–Trinajstić information content (AvgIpc) is 2.95. The fourth-order valence-corrected chi connectivity index (χ4v) is 1.30. The van der Waals surface area contributed by atoms with Gasteiger partial charge in [-0.1, -0.05) is 6.92 Å². The highest BCUT2D eigenvalue weighted by Gasteiger charge is 2.36. The van der Waals surface area contributed by atoms with Crippen LogP contribution in [0.1, 0.15) is 26.2 Å². The average molecular weight is 185 g/mol. The van der Waals surface area contributed by atoms with Crippen molar-refractivity contribution in [3.63, 3.8) is 0 Å². The summed E-state index contributed by atoms with van der Waals surface area (Å²) < 4.78 is 4.45. The third-order valence-electron chi connectivity index (χ3n) is 2.25. The lowest BCUT2D eigenvalue weighted by Gasteiger charge is -2.14. The first-order valence-electron chi connectivity index (χ1n) is 4.56. The number of ether oxygens (including phenoxy) is 1. The van der Waals surface area contributed by atoms with Gasteiger partial charge in [0.15, 0.2) is 5.78 Å². The predicted octanol–water partition coefficient (Wildman–Crippen LogP) is 1.10. The lowest BCUT2D eigenvalue weighted by Crippen LogP contribution is -2.42. The minimum absolute atomic E-state index is 0.0906. The van der Waals surface area contributed by atoms with Gasteiger partial charge >= 0.3 is 6.09 Å². The molecule has 0 aromatic carbocycles. The van der Waals surface area contributed by atoms with Crippen molar-refractivity contribution < 1.29 is 14.3 Å². The maximum Gasteiger partial charge on any atom is 0.407 e. The Morgan fingerprint density at radius 1 is 1.54 bits per heavy atom. The van der Waals surface area contributed by atoms with E-state index in [2.05, 4.69) is 10.1 Å². The Balaban J connectivity index is 2.47. The molecule has 0 heterocycles. The molecule has 1 amide bonds. The van der Waals surface area contributed by atoms with E-state index in [1.165, 1.54) is 7.11 Å². The summed E-state index contributed by atoms with van der Waals surface area (Å²) in [7, 11) is 1.30. The van der Waals surface area contributed by atoms with Crippen LogP contribution in [0, 0.1) is 5.92 Å². The van der Waals surface area contributed by atoms with Crippen LogP contribution in [-0.2, 0) is 9.53 Å². The van der Waals surface area contributed by atoms with Gasteiger partial charge in [-0.15, -0.1) is 0 Å². The molecule has 1 N–H and O–H groups in total. The molecule has 1 atom stereocenters. The standard InChI is InChI=1S/C9H15NO3/c1-3-7(11)8(6-4-5-6)10-9(12)13-2/h6,8H,3-5H2,1-2H3,(H,10,12)/t8-/m0/s1. The summed E-state index contributed by atoms with van der Waals surface area (Å²) in [5.41, 5.74) is 0. The summed E-state index contributed by atoms with van der Waals surface area (Å²) in [6.45, 7) is 1.80. The van der Waals surface area contributed by atoms with Crippen molar-refractivity contribution in [2.24, 2.45) is 5.92 Å². The Labute approximate surface area is 77.6 Å². The summed E-state index contributed by atoms with van der Waals surface area (Å²) in [4.78, 5) is 22.3. The molecule has 4 nitrogen and oxygen atoms in total. The van der Waals surface area contributed by atoms with Crippen LogP contribution in [0.3, 0.4) is 0 Å². The molecular formula is C9H15NO3. The van der Waals surface area contributed by atoms with Crippen LogP contribution in [0.25, 0.3) is 0 Å². The van der Waals surface area contributed by atoms with Gasteiger partial charge in [0.25, 0.3) is 0 Å². The van der Waals surface area contributed by atoms with Gasteiger partial charge in [0, 0.05) is 6.42 Å². The van der Waals surface area contributed by atoms with Gasteiger partial charge in [0.2, 0.25) is 0 Å². The van der Waals surface area contributed by atoms with Crippen molar-refractivity contribution in [2.75, 3.05) is 7.11 Å². The minimum Gasteiger partial charge on any atom is -0.453 e.